The van der Waals surface area contributed by atoms with Gasteiger partial charge in [-0.3, -0.25) is 14.6 Å². The fourth-order valence-corrected chi connectivity index (χ4v) is 2.35. The normalized spacial score (nSPS) is 15.2. The number of nitrogens with one attached hydrogen (secondary N) is 2. The van der Waals surface area contributed by atoms with E-state index in [0.29, 0.717) is 11.3 Å². The van der Waals surface area contributed by atoms with Crippen molar-refractivity contribution in [2.75, 3.05) is 10.6 Å². The van der Waals surface area contributed by atoms with Crippen LogP contribution in [0.3, 0.4) is 0 Å². The van der Waals surface area contributed by atoms with Gasteiger partial charge in [-0.05, 0) is 49.7 Å². The minimum Gasteiger partial charge on any atom is -0.325 e. The van der Waals surface area contributed by atoms with Crippen LogP contribution >= 0.6 is 0 Å². The van der Waals surface area contributed by atoms with E-state index in [2.05, 4.69) is 15.6 Å². The van der Waals surface area contributed by atoms with E-state index in [1.807, 2.05) is 19.9 Å². The van der Waals surface area contributed by atoms with Crippen molar-refractivity contribution in [2.45, 2.75) is 19.3 Å². The van der Waals surface area contributed by atoms with Crippen LogP contribution in [-0.2, 0) is 10.2 Å². The Bertz CT molecular complexity index is 724. The van der Waals surface area contributed by atoms with Crippen LogP contribution in [0.15, 0.2) is 42.7 Å². The summed E-state index contributed by atoms with van der Waals surface area (Å²) >= 11 is 0. The summed E-state index contributed by atoms with van der Waals surface area (Å²) in [4.78, 5) is 27.9. The summed E-state index contributed by atoms with van der Waals surface area (Å²) in [6.07, 6.45) is 3.13. The quantitative estimate of drug-likeness (QED) is 0.888. The lowest BCUT2D eigenvalue weighted by molar-refractivity contribution is -0.119. The van der Waals surface area contributed by atoms with Crippen LogP contribution in [0.2, 0.25) is 0 Å². The maximum absolute atomic E-state index is 12.1. The Labute approximate surface area is 122 Å². The first-order valence-corrected chi connectivity index (χ1v) is 6.66. The monoisotopic (exact) mass is 281 g/mol. The van der Waals surface area contributed by atoms with Crippen LogP contribution in [0, 0.1) is 0 Å². The molecule has 2 aromatic rings. The Morgan fingerprint density at radius 3 is 2.81 bits per heavy atom. The van der Waals surface area contributed by atoms with Crippen molar-refractivity contribution in [2.24, 2.45) is 0 Å². The molecule has 0 atom stereocenters. The van der Waals surface area contributed by atoms with Gasteiger partial charge in [0.25, 0.3) is 5.91 Å². The molecule has 2 heterocycles. The fourth-order valence-electron chi connectivity index (χ4n) is 2.35. The number of pyridine rings is 1. The van der Waals surface area contributed by atoms with Crippen molar-refractivity contribution in [3.8, 4) is 0 Å². The molecule has 1 aliphatic rings. The van der Waals surface area contributed by atoms with Gasteiger partial charge in [-0.2, -0.15) is 0 Å². The highest BCUT2D eigenvalue weighted by Gasteiger charge is 2.38. The second-order valence-corrected chi connectivity index (χ2v) is 5.54. The van der Waals surface area contributed by atoms with Gasteiger partial charge >= 0.3 is 0 Å². The van der Waals surface area contributed by atoms with Gasteiger partial charge in [0.2, 0.25) is 5.91 Å². The first-order valence-electron chi connectivity index (χ1n) is 6.66. The zero-order valence-corrected chi connectivity index (χ0v) is 11.8. The third-order valence-electron chi connectivity index (χ3n) is 3.69. The van der Waals surface area contributed by atoms with Crippen molar-refractivity contribution in [1.82, 2.24) is 4.98 Å². The highest BCUT2D eigenvalue weighted by molar-refractivity contribution is 6.07. The number of rotatable bonds is 2. The van der Waals surface area contributed by atoms with E-state index in [-0.39, 0.29) is 11.8 Å². The van der Waals surface area contributed by atoms with Gasteiger partial charge in [0.1, 0.15) is 0 Å². The summed E-state index contributed by atoms with van der Waals surface area (Å²) in [5, 5.41) is 5.66. The van der Waals surface area contributed by atoms with E-state index >= 15 is 0 Å². The van der Waals surface area contributed by atoms with Gasteiger partial charge in [0.05, 0.1) is 11.0 Å². The average Bonchev–Trinajstić information content (AvgIpc) is 2.70. The van der Waals surface area contributed by atoms with E-state index in [9.17, 15) is 9.59 Å². The number of benzene rings is 1. The molecule has 1 aromatic carbocycles. The van der Waals surface area contributed by atoms with Crippen molar-refractivity contribution < 1.29 is 9.59 Å². The summed E-state index contributed by atoms with van der Waals surface area (Å²) in [5.74, 6) is -0.258. The second kappa shape index (κ2) is 4.70. The highest BCUT2D eigenvalue weighted by atomic mass is 16.2. The molecule has 0 fully saturated rings. The van der Waals surface area contributed by atoms with E-state index < -0.39 is 5.41 Å². The number of carbonyl (C=O) groups excluding carboxylic acids is 2. The Hall–Kier alpha value is -2.69. The van der Waals surface area contributed by atoms with Crippen LogP contribution in [0.25, 0.3) is 0 Å². The molecule has 1 aromatic heterocycles. The molecule has 2 amide bonds. The Morgan fingerprint density at radius 2 is 2.10 bits per heavy atom. The zero-order chi connectivity index (χ0) is 15.0. The Morgan fingerprint density at radius 1 is 1.29 bits per heavy atom. The molecule has 0 radical (unpaired) electrons. The van der Waals surface area contributed by atoms with Gasteiger partial charge in [0, 0.05) is 23.8 Å². The van der Waals surface area contributed by atoms with E-state index in [0.717, 1.165) is 11.3 Å². The molecular weight excluding hydrogens is 266 g/mol. The molecule has 2 N–H and O–H groups in total. The lowest BCUT2D eigenvalue weighted by atomic mass is 9.86. The van der Waals surface area contributed by atoms with E-state index in [1.54, 1.807) is 30.5 Å². The van der Waals surface area contributed by atoms with Crippen LogP contribution in [0.4, 0.5) is 11.4 Å². The van der Waals surface area contributed by atoms with Gasteiger partial charge in [-0.25, -0.2) is 0 Å². The molecule has 106 valence electrons. The fraction of sp³-hybridized carbons (Fsp3) is 0.188. The minimum atomic E-state index is -0.593. The Balaban J connectivity index is 1.88. The van der Waals surface area contributed by atoms with Gasteiger partial charge < -0.3 is 10.6 Å². The van der Waals surface area contributed by atoms with Gasteiger partial charge in [-0.1, -0.05) is 0 Å². The third-order valence-corrected chi connectivity index (χ3v) is 3.69. The number of hydrogen-bond donors (Lipinski definition) is 2. The molecule has 0 saturated carbocycles. The molecule has 0 aliphatic carbocycles. The summed E-state index contributed by atoms with van der Waals surface area (Å²) in [5.41, 5.74) is 2.24. The van der Waals surface area contributed by atoms with Gasteiger partial charge in [-0.15, -0.1) is 0 Å². The number of amides is 2. The largest absolute Gasteiger partial charge is 0.325 e. The predicted molar refractivity (Wildman–Crippen MR) is 80.3 cm³/mol. The summed E-state index contributed by atoms with van der Waals surface area (Å²) in [6.45, 7) is 3.72. The van der Waals surface area contributed by atoms with Crippen LogP contribution in [-0.4, -0.2) is 16.8 Å². The molecule has 5 heteroatoms. The maximum Gasteiger partial charge on any atom is 0.257 e. The molecule has 0 saturated heterocycles. The minimum absolute atomic E-state index is 0.0340. The molecular formula is C16H15N3O2. The first-order chi connectivity index (χ1) is 9.98. The van der Waals surface area contributed by atoms with Crippen molar-refractivity contribution in [3.63, 3.8) is 0 Å². The van der Waals surface area contributed by atoms with Crippen LogP contribution in [0.1, 0.15) is 29.8 Å². The van der Waals surface area contributed by atoms with Gasteiger partial charge in [0.15, 0.2) is 0 Å². The number of anilines is 2. The highest BCUT2D eigenvalue weighted by Crippen LogP contribution is 2.38. The van der Waals surface area contributed by atoms with Crippen molar-refractivity contribution >= 4 is 23.2 Å². The SMILES string of the molecule is CC1(C)C(=O)Nc2ccc(NC(=O)c3cccnc3)cc21. The molecule has 5 nitrogen and oxygen atoms in total. The molecule has 21 heavy (non-hydrogen) atoms. The topological polar surface area (TPSA) is 71.1 Å². The first kappa shape index (κ1) is 13.3. The van der Waals surface area contributed by atoms with Crippen LogP contribution < -0.4 is 10.6 Å². The van der Waals surface area contributed by atoms with Crippen LogP contribution in [0.5, 0.6) is 0 Å². The lowest BCUT2D eigenvalue weighted by Crippen LogP contribution is -2.26. The standard InChI is InChI=1S/C16H15N3O2/c1-16(2)12-8-11(5-6-13(12)19-15(16)21)18-14(20)10-4-3-7-17-9-10/h3-9H,1-2H3,(H,18,20)(H,19,21). The van der Waals surface area contributed by atoms with E-state index in [4.69, 9.17) is 0 Å². The van der Waals surface area contributed by atoms with Crippen molar-refractivity contribution in [1.29, 1.82) is 0 Å². The average molecular weight is 281 g/mol. The van der Waals surface area contributed by atoms with Crippen molar-refractivity contribution in [3.05, 3.63) is 53.9 Å². The number of carbonyl (C=O) groups is 2. The predicted octanol–water partition coefficient (Wildman–Crippen LogP) is 2.56. The summed E-state index contributed by atoms with van der Waals surface area (Å²) in [6, 6.07) is 8.82. The number of fused-ring (bicyclic) bond motifs is 1. The zero-order valence-electron chi connectivity index (χ0n) is 11.8. The second-order valence-electron chi connectivity index (χ2n) is 5.54. The molecule has 3 rings (SSSR count). The summed E-state index contributed by atoms with van der Waals surface area (Å²) < 4.78 is 0. The third kappa shape index (κ3) is 2.27. The summed E-state index contributed by atoms with van der Waals surface area (Å²) in [7, 11) is 0. The number of nitrogens with zero attached hydrogens (tertiary/aromatic N) is 1. The number of hydrogen-bond acceptors (Lipinski definition) is 3. The molecule has 0 bridgehead atoms. The molecule has 0 spiro atoms. The Kier molecular flexibility index (Phi) is 2.97. The molecule has 0 unspecified atom stereocenters. The lowest BCUT2D eigenvalue weighted by Gasteiger charge is -2.16. The van der Waals surface area contributed by atoms with E-state index in [1.165, 1.54) is 6.20 Å². The smallest absolute Gasteiger partial charge is 0.257 e. The number of aromatic nitrogens is 1. The maximum atomic E-state index is 12.1. The molecule has 1 aliphatic heterocycles.